The number of hydrogen-bond donors (Lipinski definition) is 3. The van der Waals surface area contributed by atoms with Gasteiger partial charge in [0.2, 0.25) is 17.7 Å². The van der Waals surface area contributed by atoms with E-state index in [9.17, 15) is 24.3 Å². The Morgan fingerprint density at radius 1 is 0.808 bits per heavy atom. The van der Waals surface area contributed by atoms with Crippen LogP contribution in [0.1, 0.15) is 50.9 Å². The third-order valence-electron chi connectivity index (χ3n) is 9.04. The number of nitrogens with one attached hydrogen (secondary N) is 2. The van der Waals surface area contributed by atoms with Gasteiger partial charge in [-0.05, 0) is 65.4 Å². The number of benzene rings is 3. The van der Waals surface area contributed by atoms with Crippen LogP contribution in [0.5, 0.6) is 0 Å². The van der Waals surface area contributed by atoms with E-state index in [1.54, 1.807) is 43.1 Å². The molecule has 4 rings (SSSR count). The lowest BCUT2D eigenvalue weighted by Gasteiger charge is -2.34. The number of rotatable bonds is 18. The number of nitrogens with zero attached hydrogens (tertiary/aromatic N) is 3. The minimum Gasteiger partial charge on any atom is -0.480 e. The van der Waals surface area contributed by atoms with Gasteiger partial charge in [0.25, 0.3) is 0 Å². The van der Waals surface area contributed by atoms with Gasteiger partial charge < -0.3 is 20.6 Å². The van der Waals surface area contributed by atoms with Gasteiger partial charge >= 0.3 is 5.97 Å². The molecule has 4 aromatic rings. The van der Waals surface area contributed by atoms with Gasteiger partial charge in [-0.25, -0.2) is 4.79 Å². The molecule has 1 aromatic heterocycles. The number of likely N-dealkylation sites (N-methyl/N-ethyl adjacent to an activating group) is 1. The van der Waals surface area contributed by atoms with Crippen LogP contribution >= 0.6 is 11.6 Å². The molecular formula is C41H50ClN5O5. The zero-order valence-electron chi connectivity index (χ0n) is 30.6. The van der Waals surface area contributed by atoms with Crippen molar-refractivity contribution < 1.29 is 24.3 Å². The van der Waals surface area contributed by atoms with Crippen LogP contribution in [0.4, 0.5) is 0 Å². The van der Waals surface area contributed by atoms with Crippen LogP contribution in [-0.2, 0) is 38.6 Å². The van der Waals surface area contributed by atoms with E-state index in [2.05, 4.69) is 15.6 Å². The van der Waals surface area contributed by atoms with Crippen LogP contribution in [0.2, 0.25) is 5.02 Å². The van der Waals surface area contributed by atoms with Crippen LogP contribution in [0.15, 0.2) is 91.1 Å². The van der Waals surface area contributed by atoms with Crippen LogP contribution in [0, 0.1) is 11.8 Å². The molecule has 0 aliphatic carbocycles. The van der Waals surface area contributed by atoms with Gasteiger partial charge in [0.05, 0.1) is 12.1 Å². The number of carbonyl (C=O) groups excluding carboxylic acids is 3. The Labute approximate surface area is 311 Å². The van der Waals surface area contributed by atoms with Crippen LogP contribution in [-0.4, -0.2) is 81.8 Å². The standard InChI is InChI=1S/C41H50ClN5O5/c1-27(2)23-36(47(37(48)25-31-14-7-9-19-34(31)42)22-21-46(5)26-32-17-10-11-20-43-32)40(50)44-35(39(49)45-38(28(3)4)41(51)52)24-30-16-12-15-29-13-6-8-18-33(29)30/h6-20,27-28,35-36,38H,21-26H2,1-5H3,(H,44,50)(H,45,49)(H,51,52). The van der Waals surface area contributed by atoms with Crippen LogP contribution < -0.4 is 10.6 Å². The van der Waals surface area contributed by atoms with Crippen molar-refractivity contribution in [1.82, 2.24) is 25.4 Å². The predicted octanol–water partition coefficient (Wildman–Crippen LogP) is 5.76. The third-order valence-corrected chi connectivity index (χ3v) is 9.41. The van der Waals surface area contributed by atoms with Gasteiger partial charge in [-0.2, -0.15) is 0 Å². The predicted molar refractivity (Wildman–Crippen MR) is 205 cm³/mol. The van der Waals surface area contributed by atoms with Gasteiger partial charge in [-0.3, -0.25) is 24.3 Å². The lowest BCUT2D eigenvalue weighted by atomic mass is 9.96. The Morgan fingerprint density at radius 2 is 1.48 bits per heavy atom. The first-order chi connectivity index (χ1) is 24.8. The number of halogens is 1. The molecule has 276 valence electrons. The van der Waals surface area contributed by atoms with Gasteiger partial charge in [-0.15, -0.1) is 0 Å². The number of fused-ring (bicyclic) bond motifs is 1. The van der Waals surface area contributed by atoms with E-state index in [1.165, 1.54) is 0 Å². The highest BCUT2D eigenvalue weighted by Crippen LogP contribution is 2.22. The monoisotopic (exact) mass is 727 g/mol. The molecule has 3 N–H and O–H groups in total. The molecule has 0 saturated heterocycles. The molecule has 1 heterocycles. The normalized spacial score (nSPS) is 13.2. The highest BCUT2D eigenvalue weighted by Gasteiger charge is 2.35. The maximum absolute atomic E-state index is 14.6. The molecular weight excluding hydrogens is 678 g/mol. The molecule has 3 unspecified atom stereocenters. The number of hydrogen-bond acceptors (Lipinski definition) is 6. The Hall–Kier alpha value is -4.80. The highest BCUT2D eigenvalue weighted by atomic mass is 35.5. The van der Waals surface area contributed by atoms with Crippen molar-refractivity contribution in [1.29, 1.82) is 0 Å². The Bertz CT molecular complexity index is 1810. The van der Waals surface area contributed by atoms with Crippen molar-refractivity contribution >= 4 is 46.1 Å². The van der Waals surface area contributed by atoms with E-state index in [0.29, 0.717) is 30.1 Å². The summed E-state index contributed by atoms with van der Waals surface area (Å²) in [5, 5.41) is 17.9. The summed E-state index contributed by atoms with van der Waals surface area (Å²) in [7, 11) is 1.93. The second-order valence-electron chi connectivity index (χ2n) is 14.0. The van der Waals surface area contributed by atoms with Crippen LogP contribution in [0.25, 0.3) is 10.8 Å². The summed E-state index contributed by atoms with van der Waals surface area (Å²) in [5.74, 6) is -2.94. The summed E-state index contributed by atoms with van der Waals surface area (Å²) in [6.45, 7) is 8.59. The lowest BCUT2D eigenvalue weighted by molar-refractivity contribution is -0.144. The van der Waals surface area contributed by atoms with Crippen molar-refractivity contribution in [3.05, 3.63) is 113 Å². The van der Waals surface area contributed by atoms with Crippen LogP contribution in [0.3, 0.4) is 0 Å². The molecule has 0 bridgehead atoms. The fraction of sp³-hybridized carbons (Fsp3) is 0.390. The average Bonchev–Trinajstić information content (AvgIpc) is 3.10. The quantitative estimate of drug-likeness (QED) is 0.119. The first-order valence-electron chi connectivity index (χ1n) is 17.8. The molecule has 0 fully saturated rings. The Kier molecular flexibility index (Phi) is 14.7. The number of carboxylic acids is 1. The van der Waals surface area contributed by atoms with E-state index in [1.807, 2.05) is 92.5 Å². The number of aromatic nitrogens is 1. The Morgan fingerprint density at radius 3 is 2.15 bits per heavy atom. The molecule has 3 aromatic carbocycles. The second-order valence-corrected chi connectivity index (χ2v) is 14.4. The SMILES string of the molecule is CC(C)CC(C(=O)NC(Cc1cccc2ccccc12)C(=O)NC(C(=O)O)C(C)C)N(CCN(C)Cc1ccccn1)C(=O)Cc1ccccc1Cl. The van der Waals surface area contributed by atoms with Gasteiger partial charge in [0.1, 0.15) is 18.1 Å². The maximum atomic E-state index is 14.6. The van der Waals surface area contributed by atoms with Gasteiger partial charge in [-0.1, -0.05) is 106 Å². The minimum absolute atomic E-state index is 0.0138. The lowest BCUT2D eigenvalue weighted by Crippen LogP contribution is -2.58. The van der Waals surface area contributed by atoms with E-state index in [4.69, 9.17) is 11.6 Å². The molecule has 3 atom stereocenters. The topological polar surface area (TPSA) is 132 Å². The molecule has 10 nitrogen and oxygen atoms in total. The summed E-state index contributed by atoms with van der Waals surface area (Å²) in [6, 6.07) is 23.1. The van der Waals surface area contributed by atoms with E-state index in [0.717, 1.165) is 22.0 Å². The van der Waals surface area contributed by atoms with Gasteiger partial charge in [0.15, 0.2) is 0 Å². The zero-order chi connectivity index (χ0) is 37.8. The second kappa shape index (κ2) is 19.2. The smallest absolute Gasteiger partial charge is 0.326 e. The summed E-state index contributed by atoms with van der Waals surface area (Å²) in [5.41, 5.74) is 2.34. The summed E-state index contributed by atoms with van der Waals surface area (Å²) < 4.78 is 0. The largest absolute Gasteiger partial charge is 0.480 e. The highest BCUT2D eigenvalue weighted by molar-refractivity contribution is 6.31. The number of carboxylic acid groups (broad SMARTS) is 1. The molecule has 0 spiro atoms. The molecule has 0 aliphatic heterocycles. The first kappa shape index (κ1) is 40.0. The molecule has 0 radical (unpaired) electrons. The number of carbonyl (C=O) groups is 4. The van der Waals surface area contributed by atoms with Crippen molar-refractivity contribution in [2.75, 3.05) is 20.1 Å². The zero-order valence-corrected chi connectivity index (χ0v) is 31.3. The summed E-state index contributed by atoms with van der Waals surface area (Å²) in [6.07, 6.45) is 2.16. The van der Waals surface area contributed by atoms with E-state index < -0.39 is 41.8 Å². The number of aliphatic carboxylic acids is 1. The third kappa shape index (κ3) is 11.4. The molecule has 0 saturated carbocycles. The van der Waals surface area contributed by atoms with E-state index >= 15 is 0 Å². The van der Waals surface area contributed by atoms with Crippen molar-refractivity contribution in [2.45, 2.75) is 71.6 Å². The molecule has 3 amide bonds. The summed E-state index contributed by atoms with van der Waals surface area (Å²) >= 11 is 6.47. The first-order valence-corrected chi connectivity index (χ1v) is 18.1. The maximum Gasteiger partial charge on any atom is 0.326 e. The molecule has 0 aliphatic rings. The fourth-order valence-electron chi connectivity index (χ4n) is 6.24. The number of pyridine rings is 1. The fourth-order valence-corrected chi connectivity index (χ4v) is 6.45. The van der Waals surface area contributed by atoms with Crippen molar-refractivity contribution in [2.24, 2.45) is 11.8 Å². The van der Waals surface area contributed by atoms with E-state index in [-0.39, 0.29) is 31.2 Å². The Balaban J connectivity index is 1.68. The summed E-state index contributed by atoms with van der Waals surface area (Å²) in [4.78, 5) is 62.9. The average molecular weight is 728 g/mol. The van der Waals surface area contributed by atoms with Crippen molar-refractivity contribution in [3.63, 3.8) is 0 Å². The number of amides is 3. The molecule has 11 heteroatoms. The van der Waals surface area contributed by atoms with Crippen molar-refractivity contribution in [3.8, 4) is 0 Å². The minimum atomic E-state index is -1.16. The van der Waals surface area contributed by atoms with Gasteiger partial charge in [0, 0.05) is 37.3 Å². The molecule has 52 heavy (non-hydrogen) atoms.